The highest BCUT2D eigenvalue weighted by molar-refractivity contribution is 7.11. The Labute approximate surface area is 132 Å². The molecule has 4 heterocycles. The number of pyridine rings is 1. The van der Waals surface area contributed by atoms with Crippen LogP contribution >= 0.6 is 11.3 Å². The van der Waals surface area contributed by atoms with Gasteiger partial charge in [0.15, 0.2) is 0 Å². The molecule has 0 radical (unpaired) electrons. The number of carbonyl (C=O) groups is 1. The normalized spacial score (nSPS) is 18.2. The number of likely N-dealkylation sites (tertiary alicyclic amines) is 1. The molecule has 1 amide bonds. The number of carbonyl (C=O) groups excluding carboxylic acids is 1. The Hall–Kier alpha value is -2.21. The van der Waals surface area contributed by atoms with E-state index in [2.05, 4.69) is 20.4 Å². The highest BCUT2D eigenvalue weighted by Crippen LogP contribution is 2.34. The summed E-state index contributed by atoms with van der Waals surface area (Å²) in [7, 11) is 0. The van der Waals surface area contributed by atoms with Crippen LogP contribution in [0.4, 0.5) is 0 Å². The van der Waals surface area contributed by atoms with Crippen molar-refractivity contribution in [2.45, 2.75) is 25.8 Å². The number of hydrogen-bond donors (Lipinski definition) is 0. The van der Waals surface area contributed by atoms with Gasteiger partial charge < -0.3 is 9.30 Å². The summed E-state index contributed by atoms with van der Waals surface area (Å²) in [6, 6.07) is 6.19. The van der Waals surface area contributed by atoms with Crippen LogP contribution < -0.4 is 0 Å². The fourth-order valence-corrected chi connectivity index (χ4v) is 3.95. The molecule has 1 fully saturated rings. The van der Waals surface area contributed by atoms with Gasteiger partial charge in [0.2, 0.25) is 0 Å². The maximum absolute atomic E-state index is 12.9. The fraction of sp³-hybridized carbons (Fsp3) is 0.312. The molecular weight excluding hydrogens is 296 g/mol. The van der Waals surface area contributed by atoms with E-state index in [4.69, 9.17) is 0 Å². The van der Waals surface area contributed by atoms with Crippen LogP contribution in [-0.2, 0) is 0 Å². The van der Waals surface area contributed by atoms with Crippen LogP contribution in [0.1, 0.15) is 39.9 Å². The van der Waals surface area contributed by atoms with Gasteiger partial charge in [-0.25, -0.2) is 9.97 Å². The number of aromatic nitrogens is 3. The van der Waals surface area contributed by atoms with Crippen LogP contribution in [0.15, 0.2) is 36.1 Å². The number of hydrogen-bond acceptors (Lipinski definition) is 4. The lowest BCUT2D eigenvalue weighted by molar-refractivity contribution is 0.0736. The second-order valence-corrected chi connectivity index (χ2v) is 6.38. The van der Waals surface area contributed by atoms with Crippen LogP contribution in [-0.4, -0.2) is 31.7 Å². The second kappa shape index (κ2) is 5.21. The van der Waals surface area contributed by atoms with Crippen molar-refractivity contribution in [2.75, 3.05) is 6.54 Å². The number of thiazole rings is 1. The second-order valence-electron chi connectivity index (χ2n) is 5.53. The largest absolute Gasteiger partial charge is 0.329 e. The molecule has 3 aromatic heterocycles. The first-order valence-electron chi connectivity index (χ1n) is 7.39. The maximum atomic E-state index is 12.9. The molecule has 22 heavy (non-hydrogen) atoms. The van der Waals surface area contributed by atoms with Gasteiger partial charge in [0.1, 0.15) is 10.5 Å². The Morgan fingerprint density at radius 3 is 3.09 bits per heavy atom. The van der Waals surface area contributed by atoms with Gasteiger partial charge in [-0.2, -0.15) is 0 Å². The van der Waals surface area contributed by atoms with Crippen molar-refractivity contribution in [3.63, 3.8) is 0 Å². The van der Waals surface area contributed by atoms with Crippen molar-refractivity contribution in [3.05, 3.63) is 52.4 Å². The smallest absolute Gasteiger partial charge is 0.266 e. The van der Waals surface area contributed by atoms with Crippen LogP contribution in [0.3, 0.4) is 0 Å². The van der Waals surface area contributed by atoms with Crippen LogP contribution in [0.25, 0.3) is 5.65 Å². The minimum atomic E-state index is 0.0969. The van der Waals surface area contributed by atoms with Gasteiger partial charge in [0.05, 0.1) is 17.2 Å². The average Bonchev–Trinajstić information content (AvgIpc) is 3.25. The SMILES string of the molecule is Cc1ncsc1C(=O)N1CCCC1c1cccc2nccn12. The van der Waals surface area contributed by atoms with Crippen molar-refractivity contribution >= 4 is 22.9 Å². The van der Waals surface area contributed by atoms with Gasteiger partial charge in [-0.15, -0.1) is 11.3 Å². The van der Waals surface area contributed by atoms with Crippen molar-refractivity contribution in [2.24, 2.45) is 0 Å². The lowest BCUT2D eigenvalue weighted by atomic mass is 10.1. The van der Waals surface area contributed by atoms with E-state index in [1.807, 2.05) is 30.2 Å². The van der Waals surface area contributed by atoms with Gasteiger partial charge in [0.25, 0.3) is 5.91 Å². The monoisotopic (exact) mass is 312 g/mol. The summed E-state index contributed by atoms with van der Waals surface area (Å²) in [6.45, 7) is 2.69. The molecule has 6 heteroatoms. The number of imidazole rings is 1. The summed E-state index contributed by atoms with van der Waals surface area (Å²) < 4.78 is 2.08. The van der Waals surface area contributed by atoms with Crippen molar-refractivity contribution in [1.82, 2.24) is 19.3 Å². The molecule has 112 valence electrons. The number of rotatable bonds is 2. The van der Waals surface area contributed by atoms with Crippen LogP contribution in [0.2, 0.25) is 0 Å². The molecule has 0 saturated carbocycles. The molecule has 0 N–H and O–H groups in total. The molecule has 0 aromatic carbocycles. The van der Waals surface area contributed by atoms with Gasteiger partial charge >= 0.3 is 0 Å². The van der Waals surface area contributed by atoms with Gasteiger partial charge in [0, 0.05) is 24.6 Å². The van der Waals surface area contributed by atoms with E-state index in [9.17, 15) is 4.79 Å². The summed E-state index contributed by atoms with van der Waals surface area (Å²) in [5.41, 5.74) is 4.61. The van der Waals surface area contributed by atoms with Gasteiger partial charge in [-0.05, 0) is 31.9 Å². The first kappa shape index (κ1) is 13.5. The summed E-state index contributed by atoms with van der Waals surface area (Å²) in [5.74, 6) is 0.0969. The highest BCUT2D eigenvalue weighted by atomic mass is 32.1. The molecule has 4 rings (SSSR count). The summed E-state index contributed by atoms with van der Waals surface area (Å²) in [4.78, 5) is 24.1. The number of amides is 1. The van der Waals surface area contributed by atoms with Crippen LogP contribution in [0, 0.1) is 6.92 Å². The molecule has 1 atom stereocenters. The molecule has 0 aliphatic carbocycles. The topological polar surface area (TPSA) is 50.5 Å². The summed E-state index contributed by atoms with van der Waals surface area (Å²) in [5, 5.41) is 0. The Balaban J connectivity index is 1.74. The molecule has 5 nitrogen and oxygen atoms in total. The number of nitrogens with zero attached hydrogens (tertiary/aromatic N) is 4. The first-order valence-corrected chi connectivity index (χ1v) is 8.26. The van der Waals surface area contributed by atoms with E-state index in [0.717, 1.165) is 41.3 Å². The Kier molecular flexibility index (Phi) is 3.18. The predicted molar refractivity (Wildman–Crippen MR) is 85.1 cm³/mol. The third kappa shape index (κ3) is 2.02. The van der Waals surface area contributed by atoms with Gasteiger partial charge in [-0.1, -0.05) is 6.07 Å². The zero-order valence-corrected chi connectivity index (χ0v) is 13.1. The molecule has 1 aliphatic rings. The van der Waals surface area contributed by atoms with E-state index in [1.54, 1.807) is 11.7 Å². The third-order valence-electron chi connectivity index (χ3n) is 4.25. The third-order valence-corrected chi connectivity index (χ3v) is 5.17. The lowest BCUT2D eigenvalue weighted by Crippen LogP contribution is -2.31. The quantitative estimate of drug-likeness (QED) is 0.730. The molecular formula is C16H16N4OS. The minimum Gasteiger partial charge on any atom is -0.329 e. The predicted octanol–water partition coefficient (Wildman–Crippen LogP) is 3.08. The summed E-state index contributed by atoms with van der Waals surface area (Å²) in [6.07, 6.45) is 5.77. The van der Waals surface area contributed by atoms with Crippen molar-refractivity contribution in [1.29, 1.82) is 0 Å². The van der Waals surface area contributed by atoms with E-state index in [-0.39, 0.29) is 11.9 Å². The van der Waals surface area contributed by atoms with E-state index < -0.39 is 0 Å². The Morgan fingerprint density at radius 2 is 2.27 bits per heavy atom. The molecule has 1 aliphatic heterocycles. The molecule has 1 saturated heterocycles. The van der Waals surface area contributed by atoms with E-state index in [0.29, 0.717) is 0 Å². The summed E-state index contributed by atoms with van der Waals surface area (Å²) >= 11 is 1.43. The Morgan fingerprint density at radius 1 is 1.36 bits per heavy atom. The van der Waals surface area contributed by atoms with Crippen molar-refractivity contribution < 1.29 is 4.79 Å². The average molecular weight is 312 g/mol. The maximum Gasteiger partial charge on any atom is 0.266 e. The molecule has 1 unspecified atom stereocenters. The molecule has 0 spiro atoms. The Bertz CT molecular complexity index is 837. The standard InChI is InChI=1S/C16H16N4OS/c1-11-15(22-10-18-11)16(21)20-8-3-5-13(20)12-4-2-6-14-17-7-9-19(12)14/h2,4,6-7,9-10,13H,3,5,8H2,1H3. The van der Waals surface area contributed by atoms with E-state index in [1.165, 1.54) is 11.3 Å². The lowest BCUT2D eigenvalue weighted by Gasteiger charge is -2.25. The minimum absolute atomic E-state index is 0.0969. The number of aryl methyl sites for hydroxylation is 1. The zero-order chi connectivity index (χ0) is 15.1. The fourth-order valence-electron chi connectivity index (χ4n) is 3.20. The van der Waals surface area contributed by atoms with E-state index >= 15 is 0 Å². The first-order chi connectivity index (χ1) is 10.8. The molecule has 0 bridgehead atoms. The van der Waals surface area contributed by atoms with Crippen LogP contribution in [0.5, 0.6) is 0 Å². The highest BCUT2D eigenvalue weighted by Gasteiger charge is 2.33. The van der Waals surface area contributed by atoms with Gasteiger partial charge in [-0.3, -0.25) is 4.79 Å². The zero-order valence-electron chi connectivity index (χ0n) is 12.3. The number of fused-ring (bicyclic) bond motifs is 1. The van der Waals surface area contributed by atoms with Crippen molar-refractivity contribution in [3.8, 4) is 0 Å². The molecule has 3 aromatic rings.